The van der Waals surface area contributed by atoms with Crippen LogP contribution in [0.25, 0.3) is 11.5 Å². The first-order valence-electron chi connectivity index (χ1n) is 8.13. The molecule has 1 aliphatic rings. The van der Waals surface area contributed by atoms with Gasteiger partial charge in [0, 0.05) is 25.1 Å². The molecule has 24 heavy (non-hydrogen) atoms. The van der Waals surface area contributed by atoms with Crippen LogP contribution >= 0.6 is 0 Å². The topological polar surface area (TPSA) is 60.2 Å². The lowest BCUT2D eigenvalue weighted by molar-refractivity contribution is 0.325. The van der Waals surface area contributed by atoms with E-state index in [0.717, 1.165) is 30.0 Å². The third kappa shape index (κ3) is 3.03. The molecule has 4 rings (SSSR count). The molecule has 2 aromatic carbocycles. The predicted octanol–water partition coefficient (Wildman–Crippen LogP) is 3.12. The van der Waals surface area contributed by atoms with Crippen molar-refractivity contribution in [3.8, 4) is 17.2 Å². The lowest BCUT2D eigenvalue weighted by Crippen LogP contribution is -2.16. The lowest BCUT2D eigenvalue weighted by Gasteiger charge is -2.09. The number of hydrogen-bond acceptors (Lipinski definition) is 5. The minimum Gasteiger partial charge on any atom is -0.491 e. The van der Waals surface area contributed by atoms with Crippen molar-refractivity contribution in [1.82, 2.24) is 15.5 Å². The molecule has 0 saturated heterocycles. The predicted molar refractivity (Wildman–Crippen MR) is 90.9 cm³/mol. The number of fused-ring (bicyclic) bond motifs is 1. The molecule has 0 aliphatic carbocycles. The average Bonchev–Trinajstić information content (AvgIpc) is 2.92. The van der Waals surface area contributed by atoms with E-state index in [-0.39, 0.29) is 0 Å². The number of rotatable bonds is 3. The molecule has 0 spiro atoms. The summed E-state index contributed by atoms with van der Waals surface area (Å²) in [5, 5.41) is 7.46. The van der Waals surface area contributed by atoms with Crippen LogP contribution in [0.1, 0.15) is 22.5 Å². The first kappa shape index (κ1) is 14.9. The Morgan fingerprint density at radius 2 is 2.00 bits per heavy atom. The zero-order valence-electron chi connectivity index (χ0n) is 13.6. The number of benzene rings is 2. The molecule has 0 amide bonds. The van der Waals surface area contributed by atoms with Crippen molar-refractivity contribution in [3.63, 3.8) is 0 Å². The summed E-state index contributed by atoms with van der Waals surface area (Å²) >= 11 is 0. The molecule has 122 valence electrons. The maximum absolute atomic E-state index is 5.88. The maximum atomic E-state index is 5.88. The third-order valence-corrected chi connectivity index (χ3v) is 4.12. The Morgan fingerprint density at radius 3 is 2.88 bits per heavy atom. The van der Waals surface area contributed by atoms with Gasteiger partial charge in [-0.2, -0.15) is 4.98 Å². The van der Waals surface area contributed by atoms with Crippen molar-refractivity contribution in [2.24, 2.45) is 0 Å². The molecule has 5 nitrogen and oxygen atoms in total. The monoisotopic (exact) mass is 321 g/mol. The van der Waals surface area contributed by atoms with Crippen LogP contribution in [0.5, 0.6) is 5.75 Å². The number of para-hydroxylation sites is 1. The van der Waals surface area contributed by atoms with E-state index < -0.39 is 0 Å². The fourth-order valence-electron chi connectivity index (χ4n) is 2.83. The zero-order chi connectivity index (χ0) is 16.4. The van der Waals surface area contributed by atoms with Gasteiger partial charge in [0.15, 0.2) is 5.82 Å². The van der Waals surface area contributed by atoms with Gasteiger partial charge in [-0.3, -0.25) is 0 Å². The Balaban J connectivity index is 1.62. The number of hydrogen-bond donors (Lipinski definition) is 1. The fourth-order valence-corrected chi connectivity index (χ4v) is 2.83. The van der Waals surface area contributed by atoms with Crippen molar-refractivity contribution in [2.45, 2.75) is 19.9 Å². The van der Waals surface area contributed by atoms with E-state index in [1.54, 1.807) is 0 Å². The van der Waals surface area contributed by atoms with E-state index in [1.807, 2.05) is 12.1 Å². The largest absolute Gasteiger partial charge is 0.491 e. The summed E-state index contributed by atoms with van der Waals surface area (Å²) in [5.41, 5.74) is 4.38. The molecule has 0 bridgehead atoms. The van der Waals surface area contributed by atoms with Crippen molar-refractivity contribution in [3.05, 3.63) is 65.0 Å². The summed E-state index contributed by atoms with van der Waals surface area (Å²) in [7, 11) is 0. The lowest BCUT2D eigenvalue weighted by atomic mass is 10.1. The Morgan fingerprint density at radius 1 is 1.12 bits per heavy atom. The standard InChI is InChI=1S/C19H19N3O2/c1-13-5-7-14(8-6-13)11-17-21-19(24-22-17)16-4-2-3-15-12-20-9-10-23-18(15)16/h2-8,20H,9-12H2,1H3. The molecule has 0 radical (unpaired) electrons. The molecule has 5 heteroatoms. The van der Waals surface area contributed by atoms with Crippen LogP contribution in [0.15, 0.2) is 47.0 Å². The second-order valence-corrected chi connectivity index (χ2v) is 6.00. The number of aromatic nitrogens is 2. The first-order chi connectivity index (χ1) is 11.8. The van der Waals surface area contributed by atoms with Crippen molar-refractivity contribution in [2.75, 3.05) is 13.2 Å². The van der Waals surface area contributed by atoms with E-state index in [2.05, 4.69) is 52.7 Å². The van der Waals surface area contributed by atoms with E-state index in [4.69, 9.17) is 9.26 Å². The van der Waals surface area contributed by atoms with Crippen LogP contribution in [0.3, 0.4) is 0 Å². The van der Waals surface area contributed by atoms with Gasteiger partial charge < -0.3 is 14.6 Å². The second-order valence-electron chi connectivity index (χ2n) is 6.00. The summed E-state index contributed by atoms with van der Waals surface area (Å²) in [4.78, 5) is 4.56. The summed E-state index contributed by atoms with van der Waals surface area (Å²) < 4.78 is 11.4. The van der Waals surface area contributed by atoms with Gasteiger partial charge in [-0.1, -0.05) is 47.1 Å². The number of ether oxygens (including phenoxy) is 1. The highest BCUT2D eigenvalue weighted by molar-refractivity contribution is 5.65. The second kappa shape index (κ2) is 6.45. The first-order valence-corrected chi connectivity index (χ1v) is 8.13. The summed E-state index contributed by atoms with van der Waals surface area (Å²) in [6.07, 6.45) is 0.654. The molecule has 0 saturated carbocycles. The summed E-state index contributed by atoms with van der Waals surface area (Å²) in [6, 6.07) is 14.4. The van der Waals surface area contributed by atoms with Crippen LogP contribution in [-0.4, -0.2) is 23.3 Å². The van der Waals surface area contributed by atoms with Crippen LogP contribution in [0.2, 0.25) is 0 Å². The van der Waals surface area contributed by atoms with Gasteiger partial charge in [-0.05, 0) is 18.6 Å². The van der Waals surface area contributed by atoms with E-state index in [1.165, 1.54) is 11.1 Å². The van der Waals surface area contributed by atoms with Crippen molar-refractivity contribution < 1.29 is 9.26 Å². The highest BCUT2D eigenvalue weighted by atomic mass is 16.5. The molecule has 1 N–H and O–H groups in total. The molecule has 1 aromatic heterocycles. The van der Waals surface area contributed by atoms with E-state index >= 15 is 0 Å². The Labute approximate surface area is 140 Å². The van der Waals surface area contributed by atoms with Gasteiger partial charge in [-0.15, -0.1) is 0 Å². The van der Waals surface area contributed by atoms with Crippen LogP contribution < -0.4 is 10.1 Å². The SMILES string of the molecule is Cc1ccc(Cc2noc(-c3cccc4c3OCCNC4)n2)cc1. The minimum atomic E-state index is 0.510. The van der Waals surface area contributed by atoms with Gasteiger partial charge in [0.1, 0.15) is 12.4 Å². The molecule has 0 unspecified atom stereocenters. The maximum Gasteiger partial charge on any atom is 0.261 e. The average molecular weight is 321 g/mol. The summed E-state index contributed by atoms with van der Waals surface area (Å²) in [5.74, 6) is 2.03. The highest BCUT2D eigenvalue weighted by Gasteiger charge is 2.18. The highest BCUT2D eigenvalue weighted by Crippen LogP contribution is 2.33. The van der Waals surface area contributed by atoms with E-state index in [9.17, 15) is 0 Å². The normalized spacial score (nSPS) is 13.9. The molecule has 0 fully saturated rings. The minimum absolute atomic E-state index is 0.510. The Kier molecular flexibility index (Phi) is 4.01. The van der Waals surface area contributed by atoms with Crippen molar-refractivity contribution >= 4 is 0 Å². The number of aryl methyl sites for hydroxylation is 1. The van der Waals surface area contributed by atoms with E-state index in [0.29, 0.717) is 24.7 Å². The Hall–Kier alpha value is -2.66. The van der Waals surface area contributed by atoms with Crippen molar-refractivity contribution in [1.29, 1.82) is 0 Å². The van der Waals surface area contributed by atoms with Gasteiger partial charge in [-0.25, -0.2) is 0 Å². The molecular formula is C19H19N3O2. The number of nitrogens with zero attached hydrogens (tertiary/aromatic N) is 2. The number of nitrogens with one attached hydrogen (secondary N) is 1. The van der Waals surface area contributed by atoms with Gasteiger partial charge in [0.25, 0.3) is 5.89 Å². The van der Waals surface area contributed by atoms with Crippen LogP contribution in [0.4, 0.5) is 0 Å². The van der Waals surface area contributed by atoms with Crippen LogP contribution in [-0.2, 0) is 13.0 Å². The molecule has 1 aliphatic heterocycles. The van der Waals surface area contributed by atoms with Gasteiger partial charge in [0.2, 0.25) is 0 Å². The fraction of sp³-hybridized carbons (Fsp3) is 0.263. The molecule has 3 aromatic rings. The Bertz CT molecular complexity index is 840. The summed E-state index contributed by atoms with van der Waals surface area (Å²) in [6.45, 7) is 4.32. The van der Waals surface area contributed by atoms with Gasteiger partial charge in [0.05, 0.1) is 5.56 Å². The molecular weight excluding hydrogens is 302 g/mol. The molecule has 2 heterocycles. The third-order valence-electron chi connectivity index (χ3n) is 4.12. The smallest absolute Gasteiger partial charge is 0.261 e. The van der Waals surface area contributed by atoms with Crippen LogP contribution in [0, 0.1) is 6.92 Å². The quantitative estimate of drug-likeness (QED) is 0.803. The molecule has 0 atom stereocenters. The van der Waals surface area contributed by atoms with Gasteiger partial charge >= 0.3 is 0 Å². The zero-order valence-corrected chi connectivity index (χ0v) is 13.6.